The number of carbonyl (C=O) groups is 2. The van der Waals surface area contributed by atoms with E-state index in [1.807, 2.05) is 72.2 Å². The van der Waals surface area contributed by atoms with Crippen LogP contribution in [0, 0.1) is 12.8 Å². The Morgan fingerprint density at radius 2 is 1.74 bits per heavy atom. The number of ether oxygens (including phenoxy) is 1. The van der Waals surface area contributed by atoms with E-state index in [0.29, 0.717) is 17.5 Å². The number of aromatic nitrogens is 2. The van der Waals surface area contributed by atoms with Gasteiger partial charge < -0.3 is 9.30 Å². The summed E-state index contributed by atoms with van der Waals surface area (Å²) in [5, 5.41) is 0.579. The van der Waals surface area contributed by atoms with Crippen molar-refractivity contribution in [2.24, 2.45) is 5.92 Å². The molecule has 1 aliphatic rings. The molecule has 0 radical (unpaired) electrons. The van der Waals surface area contributed by atoms with Gasteiger partial charge in [-0.2, -0.15) is 0 Å². The van der Waals surface area contributed by atoms with Gasteiger partial charge in [-0.05, 0) is 49.2 Å². The predicted octanol–water partition coefficient (Wildman–Crippen LogP) is 5.31. The normalized spacial score (nSPS) is 17.6. The minimum atomic E-state index is -1.06. The Labute approximate surface area is 202 Å². The average molecular weight is 474 g/mol. The number of fused-ring (bicyclic) bond motifs is 3. The number of rotatable bonds is 5. The second kappa shape index (κ2) is 8.95. The highest BCUT2D eigenvalue weighted by atomic mass is 35.5. The zero-order valence-corrected chi connectivity index (χ0v) is 19.7. The van der Waals surface area contributed by atoms with Crippen molar-refractivity contribution in [3.63, 3.8) is 0 Å². The summed E-state index contributed by atoms with van der Waals surface area (Å²) in [6.45, 7) is 4.24. The Balaban J connectivity index is 1.73. The summed E-state index contributed by atoms with van der Waals surface area (Å²) in [5.41, 5.74) is 4.46. The maximum absolute atomic E-state index is 13.9. The van der Waals surface area contributed by atoms with E-state index < -0.39 is 17.9 Å². The van der Waals surface area contributed by atoms with Gasteiger partial charge in [0.05, 0.1) is 30.2 Å². The fourth-order valence-corrected chi connectivity index (χ4v) is 4.66. The third kappa shape index (κ3) is 3.84. The molecule has 0 saturated carbocycles. The van der Waals surface area contributed by atoms with Crippen LogP contribution >= 0.6 is 11.6 Å². The maximum Gasteiger partial charge on any atom is 0.321 e. The number of imidazole rings is 1. The minimum absolute atomic E-state index is 0.186. The highest BCUT2D eigenvalue weighted by molar-refractivity contribution is 6.30. The number of amides is 1. The number of nitrogens with zero attached hydrogens (tertiary/aromatic N) is 3. The van der Waals surface area contributed by atoms with Crippen LogP contribution in [0.25, 0.3) is 11.0 Å². The van der Waals surface area contributed by atoms with Crippen LogP contribution in [0.4, 0.5) is 5.95 Å². The van der Waals surface area contributed by atoms with Crippen molar-refractivity contribution in [3.8, 4) is 0 Å². The van der Waals surface area contributed by atoms with E-state index in [2.05, 4.69) is 0 Å². The average Bonchev–Trinajstić information content (AvgIpc) is 3.22. The lowest BCUT2D eigenvalue weighted by atomic mass is 9.89. The molecule has 1 aliphatic heterocycles. The monoisotopic (exact) mass is 473 g/mol. The molecule has 172 valence electrons. The van der Waals surface area contributed by atoms with Crippen LogP contribution in [-0.2, 0) is 20.9 Å². The molecule has 1 aromatic heterocycles. The highest BCUT2D eigenvalue weighted by Crippen LogP contribution is 2.42. The van der Waals surface area contributed by atoms with Gasteiger partial charge in [0.25, 0.3) is 0 Å². The Kier molecular flexibility index (Phi) is 5.84. The Bertz CT molecular complexity index is 1360. The summed E-state index contributed by atoms with van der Waals surface area (Å²) >= 11 is 6.14. The molecule has 0 saturated heterocycles. The number of aryl methyl sites for hydroxylation is 1. The molecular formula is C27H24ClN3O3. The molecule has 5 rings (SSSR count). The van der Waals surface area contributed by atoms with Gasteiger partial charge in [-0.1, -0.05) is 65.7 Å². The molecule has 34 heavy (non-hydrogen) atoms. The van der Waals surface area contributed by atoms with E-state index in [1.165, 1.54) is 0 Å². The smallest absolute Gasteiger partial charge is 0.321 e. The van der Waals surface area contributed by atoms with E-state index in [9.17, 15) is 9.59 Å². The molecule has 0 unspecified atom stereocenters. The van der Waals surface area contributed by atoms with Crippen LogP contribution in [0.15, 0.2) is 72.8 Å². The predicted molar refractivity (Wildman–Crippen MR) is 132 cm³/mol. The lowest BCUT2D eigenvalue weighted by Gasteiger charge is -2.38. The zero-order chi connectivity index (χ0) is 23.8. The minimum Gasteiger partial charge on any atom is -0.465 e. The van der Waals surface area contributed by atoms with Gasteiger partial charge in [-0.25, -0.2) is 4.98 Å². The Morgan fingerprint density at radius 1 is 1.03 bits per heavy atom. The van der Waals surface area contributed by atoms with E-state index in [0.717, 1.165) is 27.7 Å². The number of esters is 1. The summed E-state index contributed by atoms with van der Waals surface area (Å²) in [7, 11) is 0. The van der Waals surface area contributed by atoms with Crippen molar-refractivity contribution in [3.05, 3.63) is 94.5 Å². The number of para-hydroxylation sites is 2. The van der Waals surface area contributed by atoms with Gasteiger partial charge in [-0.15, -0.1) is 0 Å². The molecule has 3 aromatic carbocycles. The largest absolute Gasteiger partial charge is 0.465 e. The molecule has 0 N–H and O–H groups in total. The second-order valence-electron chi connectivity index (χ2n) is 8.41. The number of benzene rings is 3. The SMILES string of the molecule is CCOC(=O)[C@@H]1C(=O)N(Cc2ccc(C)cc2)c2nc3ccccc3n2[C@@H]1c1ccc(Cl)cc1. The molecule has 0 bridgehead atoms. The number of hydrogen-bond donors (Lipinski definition) is 0. The molecule has 0 fully saturated rings. The number of halogens is 1. The third-order valence-electron chi connectivity index (χ3n) is 6.16. The lowest BCUT2D eigenvalue weighted by molar-refractivity contribution is -0.153. The van der Waals surface area contributed by atoms with Crippen molar-refractivity contribution in [2.75, 3.05) is 11.5 Å². The number of carbonyl (C=O) groups excluding carboxylic acids is 2. The van der Waals surface area contributed by atoms with Crippen LogP contribution in [0.2, 0.25) is 5.02 Å². The van der Waals surface area contributed by atoms with Gasteiger partial charge in [0.1, 0.15) is 0 Å². The van der Waals surface area contributed by atoms with Crippen LogP contribution in [-0.4, -0.2) is 28.0 Å². The summed E-state index contributed by atoms with van der Waals surface area (Å²) in [4.78, 5) is 33.6. The van der Waals surface area contributed by atoms with Gasteiger partial charge in [0, 0.05) is 5.02 Å². The summed E-state index contributed by atoms with van der Waals surface area (Å²) in [6.07, 6.45) is 0. The topological polar surface area (TPSA) is 64.4 Å². The van der Waals surface area contributed by atoms with E-state index in [1.54, 1.807) is 24.0 Å². The molecule has 7 heteroatoms. The van der Waals surface area contributed by atoms with Crippen LogP contribution in [0.3, 0.4) is 0 Å². The van der Waals surface area contributed by atoms with Crippen LogP contribution in [0.5, 0.6) is 0 Å². The second-order valence-corrected chi connectivity index (χ2v) is 8.84. The van der Waals surface area contributed by atoms with Crippen LogP contribution < -0.4 is 4.90 Å². The van der Waals surface area contributed by atoms with E-state index in [4.69, 9.17) is 21.3 Å². The summed E-state index contributed by atoms with van der Waals surface area (Å²) in [6, 6.07) is 22.3. The fraction of sp³-hybridized carbons (Fsp3) is 0.222. The number of hydrogen-bond acceptors (Lipinski definition) is 4. The molecule has 2 atom stereocenters. The van der Waals surface area contributed by atoms with Crippen LogP contribution in [0.1, 0.15) is 29.7 Å². The van der Waals surface area contributed by atoms with Crippen molar-refractivity contribution in [1.82, 2.24) is 9.55 Å². The molecule has 0 spiro atoms. The standard InChI is InChI=1S/C27H24ClN3O3/c1-3-34-26(33)23-24(19-12-14-20(28)15-13-19)31-22-7-5-4-6-21(22)29-27(31)30(25(23)32)16-18-10-8-17(2)9-11-18/h4-15,23-24H,3,16H2,1-2H3/t23-,24+/m0/s1. The first kappa shape index (κ1) is 22.2. The summed E-state index contributed by atoms with van der Waals surface area (Å²) < 4.78 is 7.38. The molecule has 2 heterocycles. The maximum atomic E-state index is 13.9. The third-order valence-corrected chi connectivity index (χ3v) is 6.41. The highest BCUT2D eigenvalue weighted by Gasteiger charge is 2.47. The molecular weight excluding hydrogens is 450 g/mol. The van der Waals surface area contributed by atoms with Gasteiger partial charge in [-0.3, -0.25) is 14.5 Å². The van der Waals surface area contributed by atoms with E-state index >= 15 is 0 Å². The first-order chi connectivity index (χ1) is 16.5. The van der Waals surface area contributed by atoms with E-state index in [-0.39, 0.29) is 12.5 Å². The fourth-order valence-electron chi connectivity index (χ4n) is 4.53. The van der Waals surface area contributed by atoms with Crippen molar-refractivity contribution >= 4 is 40.5 Å². The first-order valence-electron chi connectivity index (χ1n) is 11.2. The Hall–Kier alpha value is -3.64. The lowest BCUT2D eigenvalue weighted by Crippen LogP contribution is -2.49. The molecule has 1 amide bonds. The zero-order valence-electron chi connectivity index (χ0n) is 18.9. The Morgan fingerprint density at radius 3 is 2.44 bits per heavy atom. The van der Waals surface area contributed by atoms with Gasteiger partial charge in [0.2, 0.25) is 11.9 Å². The van der Waals surface area contributed by atoms with Crippen molar-refractivity contribution < 1.29 is 14.3 Å². The molecule has 0 aliphatic carbocycles. The van der Waals surface area contributed by atoms with Gasteiger partial charge in [0.15, 0.2) is 5.92 Å². The van der Waals surface area contributed by atoms with Crippen molar-refractivity contribution in [1.29, 1.82) is 0 Å². The number of anilines is 1. The van der Waals surface area contributed by atoms with Gasteiger partial charge >= 0.3 is 5.97 Å². The molecule has 4 aromatic rings. The molecule has 6 nitrogen and oxygen atoms in total. The quantitative estimate of drug-likeness (QED) is 0.291. The first-order valence-corrected chi connectivity index (χ1v) is 11.6. The van der Waals surface area contributed by atoms with Crippen molar-refractivity contribution in [2.45, 2.75) is 26.4 Å². The summed E-state index contributed by atoms with van der Waals surface area (Å²) in [5.74, 6) is -1.43.